The van der Waals surface area contributed by atoms with E-state index in [2.05, 4.69) is 5.32 Å². The van der Waals surface area contributed by atoms with Gasteiger partial charge in [-0.05, 0) is 30.9 Å². The van der Waals surface area contributed by atoms with E-state index in [1.807, 2.05) is 24.3 Å². The number of amides is 3. The minimum Gasteiger partial charge on any atom is -0.493 e. The molecule has 0 aromatic heterocycles. The number of hydrogen-bond acceptors (Lipinski definition) is 4. The fourth-order valence-corrected chi connectivity index (χ4v) is 4.53. The molecule has 6 nitrogen and oxygen atoms in total. The first-order valence-corrected chi connectivity index (χ1v) is 9.96. The van der Waals surface area contributed by atoms with Crippen LogP contribution in [-0.4, -0.2) is 42.3 Å². The molecule has 3 atom stereocenters. The molecular formula is C21H26N2O4. The van der Waals surface area contributed by atoms with E-state index in [1.54, 1.807) is 0 Å². The molecule has 2 heterocycles. The van der Waals surface area contributed by atoms with Gasteiger partial charge in [-0.2, -0.15) is 0 Å². The minimum absolute atomic E-state index is 0.0743. The number of nitrogens with zero attached hydrogens (tertiary/aromatic N) is 1. The van der Waals surface area contributed by atoms with Gasteiger partial charge in [0.05, 0.1) is 18.4 Å². The molecule has 1 N–H and O–H groups in total. The standard InChI is InChI=1S/C21H26N2O4/c24-19(22-12-14-11-15-5-1-4-8-18(15)27-13-14)9-10-23-20(25)16-6-2-3-7-17(16)21(23)26/h1,4-5,8,14,16-17H,2-3,6-7,9-13H2,(H,22,24)/t14-,16-,17-/m1/s1. The fraction of sp³-hybridized carbons (Fsp3) is 0.571. The van der Waals surface area contributed by atoms with E-state index >= 15 is 0 Å². The van der Waals surface area contributed by atoms with Gasteiger partial charge in [0, 0.05) is 25.4 Å². The number of likely N-dealkylation sites (tertiary alicyclic amines) is 1. The maximum Gasteiger partial charge on any atom is 0.233 e. The molecule has 3 amide bonds. The Kier molecular flexibility index (Phi) is 5.14. The molecule has 1 aromatic rings. The first-order chi connectivity index (χ1) is 13.1. The third kappa shape index (κ3) is 3.70. The highest BCUT2D eigenvalue weighted by Crippen LogP contribution is 2.38. The Hall–Kier alpha value is -2.37. The Bertz CT molecular complexity index is 723. The van der Waals surface area contributed by atoms with Gasteiger partial charge in [0.1, 0.15) is 5.75 Å². The van der Waals surface area contributed by atoms with Gasteiger partial charge in [0.2, 0.25) is 17.7 Å². The molecule has 27 heavy (non-hydrogen) atoms. The molecule has 4 rings (SSSR count). The lowest BCUT2D eigenvalue weighted by Gasteiger charge is -2.25. The second kappa shape index (κ2) is 7.71. The highest BCUT2D eigenvalue weighted by molar-refractivity contribution is 6.05. The van der Waals surface area contributed by atoms with Crippen LogP contribution in [0.1, 0.15) is 37.7 Å². The predicted molar refractivity (Wildman–Crippen MR) is 98.9 cm³/mol. The second-order valence-electron chi connectivity index (χ2n) is 7.87. The molecule has 0 radical (unpaired) electrons. The molecule has 3 aliphatic rings. The number of ether oxygens (including phenoxy) is 1. The normalized spacial score (nSPS) is 27.0. The van der Waals surface area contributed by atoms with Crippen molar-refractivity contribution >= 4 is 17.7 Å². The molecule has 144 valence electrons. The van der Waals surface area contributed by atoms with Gasteiger partial charge in [-0.3, -0.25) is 19.3 Å². The lowest BCUT2D eigenvalue weighted by atomic mass is 9.81. The van der Waals surface area contributed by atoms with Crippen LogP contribution in [0, 0.1) is 17.8 Å². The molecular weight excluding hydrogens is 344 g/mol. The van der Waals surface area contributed by atoms with E-state index in [9.17, 15) is 14.4 Å². The van der Waals surface area contributed by atoms with Crippen molar-refractivity contribution in [2.75, 3.05) is 19.7 Å². The van der Waals surface area contributed by atoms with Crippen molar-refractivity contribution in [3.8, 4) is 5.75 Å². The SMILES string of the molecule is O=C(CCN1C(=O)[C@@H]2CCCC[C@H]2C1=O)NC[C@@H]1COc2ccccc2C1. The first kappa shape index (κ1) is 18.0. The van der Waals surface area contributed by atoms with Gasteiger partial charge < -0.3 is 10.1 Å². The highest BCUT2D eigenvalue weighted by atomic mass is 16.5. The van der Waals surface area contributed by atoms with Gasteiger partial charge in [-0.25, -0.2) is 0 Å². The lowest BCUT2D eigenvalue weighted by molar-refractivity contribution is -0.140. The smallest absolute Gasteiger partial charge is 0.233 e. The molecule has 2 aliphatic heterocycles. The summed E-state index contributed by atoms with van der Waals surface area (Å²) in [5.74, 6) is 0.603. The lowest BCUT2D eigenvalue weighted by Crippen LogP contribution is -2.38. The molecule has 0 spiro atoms. The van der Waals surface area contributed by atoms with Gasteiger partial charge in [0.15, 0.2) is 0 Å². The van der Waals surface area contributed by atoms with Crippen molar-refractivity contribution < 1.29 is 19.1 Å². The average molecular weight is 370 g/mol. The fourth-order valence-electron chi connectivity index (χ4n) is 4.53. The summed E-state index contributed by atoms with van der Waals surface area (Å²) >= 11 is 0. The number of carbonyl (C=O) groups is 3. The second-order valence-corrected chi connectivity index (χ2v) is 7.87. The number of carbonyl (C=O) groups excluding carboxylic acids is 3. The van der Waals surface area contributed by atoms with Gasteiger partial charge in [-0.15, -0.1) is 0 Å². The summed E-state index contributed by atoms with van der Waals surface area (Å²) in [7, 11) is 0. The molecule has 1 aromatic carbocycles. The zero-order valence-electron chi connectivity index (χ0n) is 15.5. The Balaban J connectivity index is 1.23. The van der Waals surface area contributed by atoms with Crippen LogP contribution in [0.4, 0.5) is 0 Å². The minimum atomic E-state index is -0.145. The van der Waals surface area contributed by atoms with Crippen LogP contribution in [0.2, 0.25) is 0 Å². The van der Waals surface area contributed by atoms with Crippen LogP contribution in [0.3, 0.4) is 0 Å². The summed E-state index contributed by atoms with van der Waals surface area (Å²) in [5.41, 5.74) is 1.17. The number of imide groups is 1. The van der Waals surface area contributed by atoms with Crippen LogP contribution >= 0.6 is 0 Å². The van der Waals surface area contributed by atoms with E-state index in [-0.39, 0.29) is 48.4 Å². The quantitative estimate of drug-likeness (QED) is 0.804. The van der Waals surface area contributed by atoms with Crippen LogP contribution in [0.5, 0.6) is 5.75 Å². The number of nitrogens with one attached hydrogen (secondary N) is 1. The van der Waals surface area contributed by atoms with E-state index in [0.717, 1.165) is 37.9 Å². The molecule has 6 heteroatoms. The van der Waals surface area contributed by atoms with Crippen molar-refractivity contribution in [1.29, 1.82) is 0 Å². The zero-order chi connectivity index (χ0) is 18.8. The molecule has 0 unspecified atom stereocenters. The summed E-state index contributed by atoms with van der Waals surface area (Å²) in [6.45, 7) is 1.32. The largest absolute Gasteiger partial charge is 0.493 e. The Labute approximate surface area is 159 Å². The number of hydrogen-bond donors (Lipinski definition) is 1. The predicted octanol–water partition coefficient (Wildman–Crippen LogP) is 1.92. The maximum absolute atomic E-state index is 12.4. The summed E-state index contributed by atoms with van der Waals surface area (Å²) in [5, 5.41) is 2.93. The number of fused-ring (bicyclic) bond motifs is 2. The van der Waals surface area contributed by atoms with E-state index in [1.165, 1.54) is 10.5 Å². The average Bonchev–Trinajstić information content (AvgIpc) is 2.95. The Morgan fingerprint density at radius 3 is 2.56 bits per heavy atom. The summed E-state index contributed by atoms with van der Waals surface area (Å²) in [6, 6.07) is 7.96. The molecule has 0 bridgehead atoms. The van der Waals surface area contributed by atoms with Crippen LogP contribution in [0.15, 0.2) is 24.3 Å². The zero-order valence-corrected chi connectivity index (χ0v) is 15.5. The van der Waals surface area contributed by atoms with Crippen LogP contribution in [0.25, 0.3) is 0 Å². The highest BCUT2D eigenvalue weighted by Gasteiger charge is 2.47. The monoisotopic (exact) mass is 370 g/mol. The van der Waals surface area contributed by atoms with E-state index in [4.69, 9.17) is 4.74 Å². The van der Waals surface area contributed by atoms with E-state index < -0.39 is 0 Å². The summed E-state index contributed by atoms with van der Waals surface area (Å²) in [4.78, 5) is 38.4. The molecule has 1 saturated heterocycles. The van der Waals surface area contributed by atoms with E-state index in [0.29, 0.717) is 13.2 Å². The third-order valence-electron chi connectivity index (χ3n) is 6.04. The van der Waals surface area contributed by atoms with Gasteiger partial charge in [0.25, 0.3) is 0 Å². The molecule has 1 saturated carbocycles. The van der Waals surface area contributed by atoms with Crippen molar-refractivity contribution in [2.24, 2.45) is 17.8 Å². The Morgan fingerprint density at radius 1 is 1.11 bits per heavy atom. The van der Waals surface area contributed by atoms with Crippen molar-refractivity contribution in [1.82, 2.24) is 10.2 Å². The van der Waals surface area contributed by atoms with Crippen molar-refractivity contribution in [3.63, 3.8) is 0 Å². The summed E-state index contributed by atoms with van der Waals surface area (Å²) in [6.07, 6.45) is 4.69. The van der Waals surface area contributed by atoms with Gasteiger partial charge in [-0.1, -0.05) is 31.0 Å². The topological polar surface area (TPSA) is 75.7 Å². The molecule has 2 fully saturated rings. The number of benzene rings is 1. The summed E-state index contributed by atoms with van der Waals surface area (Å²) < 4.78 is 5.74. The number of para-hydroxylation sites is 1. The first-order valence-electron chi connectivity index (χ1n) is 9.96. The van der Waals surface area contributed by atoms with Crippen LogP contribution < -0.4 is 10.1 Å². The van der Waals surface area contributed by atoms with Crippen molar-refractivity contribution in [3.05, 3.63) is 29.8 Å². The van der Waals surface area contributed by atoms with Gasteiger partial charge >= 0.3 is 0 Å². The third-order valence-corrected chi connectivity index (χ3v) is 6.04. The Morgan fingerprint density at radius 2 is 1.81 bits per heavy atom. The molecule has 1 aliphatic carbocycles. The number of rotatable bonds is 5. The maximum atomic E-state index is 12.4. The van der Waals surface area contributed by atoms with Crippen molar-refractivity contribution in [2.45, 2.75) is 38.5 Å². The van der Waals surface area contributed by atoms with Crippen LogP contribution in [-0.2, 0) is 20.8 Å².